The summed E-state index contributed by atoms with van der Waals surface area (Å²) in [6.45, 7) is 2.76. The van der Waals surface area contributed by atoms with E-state index in [0.29, 0.717) is 17.0 Å². The SMILES string of the molecule is CC(=O)SCC(=O)c1ccc(S(=O)N(CCN(C)C)c2ccncc2)cc1. The van der Waals surface area contributed by atoms with E-state index in [4.69, 9.17) is 0 Å². The molecular formula is C19H23N3O3S2. The Morgan fingerprint density at radius 2 is 1.67 bits per heavy atom. The molecule has 0 spiro atoms. The van der Waals surface area contributed by atoms with Crippen LogP contribution in [0, 0.1) is 0 Å². The Balaban J connectivity index is 2.17. The number of pyridine rings is 1. The highest BCUT2D eigenvalue weighted by atomic mass is 32.2. The van der Waals surface area contributed by atoms with Crippen LogP contribution in [0.15, 0.2) is 53.7 Å². The lowest BCUT2D eigenvalue weighted by Crippen LogP contribution is -2.33. The van der Waals surface area contributed by atoms with Gasteiger partial charge in [-0.25, -0.2) is 4.21 Å². The maximum atomic E-state index is 13.1. The third-order valence-electron chi connectivity index (χ3n) is 3.69. The quantitative estimate of drug-likeness (QED) is 0.598. The molecule has 6 nitrogen and oxygen atoms in total. The van der Waals surface area contributed by atoms with E-state index in [-0.39, 0.29) is 16.7 Å². The van der Waals surface area contributed by atoms with E-state index in [0.717, 1.165) is 24.0 Å². The van der Waals surface area contributed by atoms with Gasteiger partial charge in [0.1, 0.15) is 0 Å². The molecule has 0 bridgehead atoms. The molecule has 27 heavy (non-hydrogen) atoms. The molecule has 0 fully saturated rings. The van der Waals surface area contributed by atoms with Crippen LogP contribution < -0.4 is 4.31 Å². The number of Topliss-reactive ketones (excluding diaryl/α,β-unsaturated/α-hetero) is 1. The zero-order valence-corrected chi connectivity index (χ0v) is 17.3. The summed E-state index contributed by atoms with van der Waals surface area (Å²) in [5.41, 5.74) is 1.33. The Hall–Kier alpha value is -2.03. The van der Waals surface area contributed by atoms with Crippen molar-refractivity contribution in [3.05, 3.63) is 54.4 Å². The molecule has 0 N–H and O–H groups in total. The maximum Gasteiger partial charge on any atom is 0.186 e. The number of carbonyl (C=O) groups excluding carboxylic acids is 2. The third kappa shape index (κ3) is 6.57. The second kappa shape index (κ2) is 10.3. The van der Waals surface area contributed by atoms with Gasteiger partial charge in [-0.2, -0.15) is 0 Å². The lowest BCUT2D eigenvalue weighted by molar-refractivity contribution is -0.109. The molecule has 1 unspecified atom stereocenters. The van der Waals surface area contributed by atoms with Crippen LogP contribution in [0.4, 0.5) is 5.69 Å². The fourth-order valence-corrected chi connectivity index (χ4v) is 3.93. The zero-order chi connectivity index (χ0) is 19.8. The number of anilines is 1. The van der Waals surface area contributed by atoms with Crippen molar-refractivity contribution in [2.75, 3.05) is 37.2 Å². The normalized spacial score (nSPS) is 12.0. The van der Waals surface area contributed by atoms with Gasteiger partial charge in [0, 0.05) is 38.0 Å². The van der Waals surface area contributed by atoms with Crippen molar-refractivity contribution >= 4 is 39.3 Å². The summed E-state index contributed by atoms with van der Waals surface area (Å²) >= 11 is 0.989. The average Bonchev–Trinajstić information content (AvgIpc) is 2.66. The summed E-state index contributed by atoms with van der Waals surface area (Å²) in [5, 5.41) is -0.0880. The topological polar surface area (TPSA) is 70.6 Å². The summed E-state index contributed by atoms with van der Waals surface area (Å²) < 4.78 is 14.9. The number of aromatic nitrogens is 1. The van der Waals surface area contributed by atoms with Gasteiger partial charge in [-0.1, -0.05) is 23.9 Å². The number of carbonyl (C=O) groups is 2. The standard InChI is InChI=1S/C19H23N3O3S2/c1-15(23)26-14-19(24)16-4-6-18(7-5-16)27(25)22(13-12-21(2)3)17-8-10-20-11-9-17/h4-11H,12-14H2,1-3H3. The second-order valence-corrected chi connectivity index (χ2v) is 8.65. The molecule has 144 valence electrons. The molecule has 2 aromatic rings. The molecule has 1 atom stereocenters. The molecule has 0 radical (unpaired) electrons. The van der Waals surface area contributed by atoms with Gasteiger partial charge in [0.2, 0.25) is 0 Å². The smallest absolute Gasteiger partial charge is 0.186 e. The van der Waals surface area contributed by atoms with Crippen molar-refractivity contribution in [2.24, 2.45) is 0 Å². The van der Waals surface area contributed by atoms with Crippen molar-refractivity contribution in [1.29, 1.82) is 0 Å². The van der Waals surface area contributed by atoms with Crippen molar-refractivity contribution in [3.8, 4) is 0 Å². The van der Waals surface area contributed by atoms with Gasteiger partial charge in [0.15, 0.2) is 21.9 Å². The highest BCUT2D eigenvalue weighted by Crippen LogP contribution is 2.20. The molecule has 0 saturated heterocycles. The van der Waals surface area contributed by atoms with Crippen molar-refractivity contribution < 1.29 is 13.8 Å². The summed E-state index contributed by atoms with van der Waals surface area (Å²) in [6, 6.07) is 10.4. The monoisotopic (exact) mass is 405 g/mol. The third-order valence-corrected chi connectivity index (χ3v) is 5.97. The molecular weight excluding hydrogens is 382 g/mol. The largest absolute Gasteiger partial charge is 0.308 e. The summed E-state index contributed by atoms with van der Waals surface area (Å²) in [5.74, 6) is -0.00450. The van der Waals surface area contributed by atoms with Gasteiger partial charge in [0.25, 0.3) is 0 Å². The van der Waals surface area contributed by atoms with E-state index in [1.807, 2.05) is 35.4 Å². The van der Waals surface area contributed by atoms with Gasteiger partial charge in [-0.05, 0) is 38.4 Å². The molecule has 2 rings (SSSR count). The first-order valence-corrected chi connectivity index (χ1v) is 10.5. The van der Waals surface area contributed by atoms with Crippen LogP contribution in [-0.2, 0) is 15.8 Å². The first kappa shape index (κ1) is 21.3. The van der Waals surface area contributed by atoms with Gasteiger partial charge in [0.05, 0.1) is 16.3 Å². The van der Waals surface area contributed by atoms with Crippen LogP contribution >= 0.6 is 11.8 Å². The lowest BCUT2D eigenvalue weighted by Gasteiger charge is -2.25. The van der Waals surface area contributed by atoms with Crippen molar-refractivity contribution in [1.82, 2.24) is 9.88 Å². The van der Waals surface area contributed by atoms with Crippen molar-refractivity contribution in [3.63, 3.8) is 0 Å². The number of thioether (sulfide) groups is 1. The van der Waals surface area contributed by atoms with Gasteiger partial charge < -0.3 is 4.90 Å². The Kier molecular flexibility index (Phi) is 8.15. The first-order valence-electron chi connectivity index (χ1n) is 8.39. The van der Waals surface area contributed by atoms with E-state index in [1.165, 1.54) is 6.92 Å². The van der Waals surface area contributed by atoms with Crippen LogP contribution in [0.1, 0.15) is 17.3 Å². The first-order chi connectivity index (χ1) is 12.9. The summed E-state index contributed by atoms with van der Waals surface area (Å²) in [6.07, 6.45) is 3.34. The van der Waals surface area contributed by atoms with Crippen LogP contribution in [0.25, 0.3) is 0 Å². The van der Waals surface area contributed by atoms with Gasteiger partial charge in [-0.3, -0.25) is 18.9 Å². The van der Waals surface area contributed by atoms with E-state index in [1.54, 1.807) is 36.7 Å². The second-order valence-electron chi connectivity index (χ2n) is 6.09. The van der Waals surface area contributed by atoms with E-state index < -0.39 is 11.0 Å². The fourth-order valence-electron chi connectivity index (χ4n) is 2.24. The van der Waals surface area contributed by atoms with Crippen LogP contribution in [0.2, 0.25) is 0 Å². The molecule has 1 aromatic carbocycles. The Bertz CT molecular complexity index is 796. The molecule has 1 aromatic heterocycles. The zero-order valence-electron chi connectivity index (χ0n) is 15.6. The Morgan fingerprint density at radius 1 is 1.04 bits per heavy atom. The molecule has 0 aliphatic heterocycles. The van der Waals surface area contributed by atoms with Crippen LogP contribution in [-0.4, -0.2) is 57.9 Å². The fraction of sp³-hybridized carbons (Fsp3) is 0.316. The molecule has 8 heteroatoms. The van der Waals surface area contributed by atoms with Crippen LogP contribution in [0.5, 0.6) is 0 Å². The van der Waals surface area contributed by atoms with Gasteiger partial charge in [-0.15, -0.1) is 0 Å². The number of likely N-dealkylation sites (N-methyl/N-ethyl adjacent to an activating group) is 1. The number of hydrogen-bond acceptors (Lipinski definition) is 6. The van der Waals surface area contributed by atoms with Crippen molar-refractivity contribution in [2.45, 2.75) is 11.8 Å². The van der Waals surface area contributed by atoms with Gasteiger partial charge >= 0.3 is 0 Å². The number of nitrogens with zero attached hydrogens (tertiary/aromatic N) is 3. The molecule has 0 amide bonds. The molecule has 1 heterocycles. The lowest BCUT2D eigenvalue weighted by atomic mass is 10.1. The molecule has 0 aliphatic rings. The number of ketones is 1. The predicted octanol–water partition coefficient (Wildman–Crippen LogP) is 2.63. The van der Waals surface area contributed by atoms with Crippen LogP contribution in [0.3, 0.4) is 0 Å². The minimum Gasteiger partial charge on any atom is -0.308 e. The molecule has 0 aliphatic carbocycles. The minimum atomic E-state index is -1.41. The summed E-state index contributed by atoms with van der Waals surface area (Å²) in [4.78, 5) is 29.7. The Labute approximate surface area is 166 Å². The number of hydrogen-bond donors (Lipinski definition) is 0. The average molecular weight is 406 g/mol. The van der Waals surface area contributed by atoms with E-state index >= 15 is 0 Å². The van der Waals surface area contributed by atoms with E-state index in [2.05, 4.69) is 4.98 Å². The Morgan fingerprint density at radius 3 is 2.22 bits per heavy atom. The summed E-state index contributed by atoms with van der Waals surface area (Å²) in [7, 11) is 2.52. The predicted molar refractivity (Wildman–Crippen MR) is 110 cm³/mol. The molecule has 0 saturated carbocycles. The number of benzene rings is 1. The highest BCUT2D eigenvalue weighted by molar-refractivity contribution is 8.14. The number of rotatable bonds is 9. The highest BCUT2D eigenvalue weighted by Gasteiger charge is 2.17. The maximum absolute atomic E-state index is 13.1. The van der Waals surface area contributed by atoms with E-state index in [9.17, 15) is 13.8 Å². The minimum absolute atomic E-state index is 0.0880.